The van der Waals surface area contributed by atoms with Crippen LogP contribution in [0.4, 0.5) is 0 Å². The highest BCUT2D eigenvalue weighted by Crippen LogP contribution is 2.36. The highest BCUT2D eigenvalue weighted by molar-refractivity contribution is 6.74. The second kappa shape index (κ2) is 5.36. The third-order valence-electron chi connectivity index (χ3n) is 3.59. The molecule has 0 radical (unpaired) electrons. The first-order valence-corrected chi connectivity index (χ1v) is 9.24. The number of rotatable bonds is 4. The molecule has 0 saturated heterocycles. The zero-order valence-corrected chi connectivity index (χ0v) is 13.3. The van der Waals surface area contributed by atoms with Crippen LogP contribution in [0.15, 0.2) is 12.3 Å². The molecule has 0 aliphatic carbocycles. The van der Waals surface area contributed by atoms with E-state index in [0.29, 0.717) is 6.61 Å². The Bertz CT molecular complexity index is 419. The van der Waals surface area contributed by atoms with Gasteiger partial charge in [0.1, 0.15) is 0 Å². The Balaban J connectivity index is 2.49. The molecule has 1 rings (SSSR count). The summed E-state index contributed by atoms with van der Waals surface area (Å²) in [6, 6.07) is 1.87. The van der Waals surface area contributed by atoms with Gasteiger partial charge in [0.05, 0.1) is 5.69 Å². The minimum Gasteiger partial charge on any atom is -0.416 e. The predicted molar refractivity (Wildman–Crippen MR) is 75.4 cm³/mol. The second-order valence-corrected chi connectivity index (χ2v) is 10.9. The average molecular weight is 268 g/mol. The summed E-state index contributed by atoms with van der Waals surface area (Å²) in [5, 5.41) is 4.42. The van der Waals surface area contributed by atoms with Gasteiger partial charge in [-0.25, -0.2) is 4.68 Å². The Morgan fingerprint density at radius 2 is 2.06 bits per heavy atom. The molecule has 0 aliphatic heterocycles. The molecule has 18 heavy (non-hydrogen) atoms. The van der Waals surface area contributed by atoms with Crippen LogP contribution in [0.25, 0.3) is 0 Å². The number of aromatic nitrogens is 2. The molecule has 1 aromatic heterocycles. The van der Waals surface area contributed by atoms with Crippen molar-refractivity contribution in [3.63, 3.8) is 0 Å². The van der Waals surface area contributed by atoms with Gasteiger partial charge in [0, 0.05) is 26.1 Å². The SMILES string of the molecule is CC(=O)n1ccc(CCO[Si](C)(C)C(C)(C)C)n1. The topological polar surface area (TPSA) is 44.1 Å². The average Bonchev–Trinajstić information content (AvgIpc) is 2.64. The summed E-state index contributed by atoms with van der Waals surface area (Å²) >= 11 is 0. The summed E-state index contributed by atoms with van der Waals surface area (Å²) in [7, 11) is -1.68. The van der Waals surface area contributed by atoms with E-state index in [1.165, 1.54) is 11.6 Å². The van der Waals surface area contributed by atoms with Crippen LogP contribution in [0, 0.1) is 0 Å². The normalized spacial score (nSPS) is 12.8. The number of nitrogens with zero attached hydrogens (tertiary/aromatic N) is 2. The van der Waals surface area contributed by atoms with Crippen molar-refractivity contribution in [2.24, 2.45) is 0 Å². The van der Waals surface area contributed by atoms with Crippen molar-refractivity contribution in [2.75, 3.05) is 6.61 Å². The summed E-state index contributed by atoms with van der Waals surface area (Å²) < 4.78 is 7.44. The fourth-order valence-corrected chi connectivity index (χ4v) is 2.34. The first kappa shape index (κ1) is 15.1. The zero-order valence-electron chi connectivity index (χ0n) is 12.3. The minimum absolute atomic E-state index is 0.0634. The van der Waals surface area contributed by atoms with E-state index in [4.69, 9.17) is 4.43 Å². The molecule has 0 saturated carbocycles. The van der Waals surface area contributed by atoms with Gasteiger partial charge in [-0.2, -0.15) is 5.10 Å². The molecule has 0 N–H and O–H groups in total. The van der Waals surface area contributed by atoms with Gasteiger partial charge in [0.25, 0.3) is 0 Å². The Kier molecular flexibility index (Phi) is 4.50. The second-order valence-electron chi connectivity index (χ2n) is 6.13. The molecule has 0 aromatic carbocycles. The van der Waals surface area contributed by atoms with Gasteiger partial charge in [-0.15, -0.1) is 0 Å². The highest BCUT2D eigenvalue weighted by atomic mass is 28.4. The van der Waals surface area contributed by atoms with Crippen molar-refractivity contribution in [3.8, 4) is 0 Å². The van der Waals surface area contributed by atoms with E-state index in [1.807, 2.05) is 6.07 Å². The summed E-state index contributed by atoms with van der Waals surface area (Å²) in [4.78, 5) is 11.1. The molecular formula is C13H24N2O2Si. The van der Waals surface area contributed by atoms with Crippen molar-refractivity contribution in [1.29, 1.82) is 0 Å². The molecule has 1 heterocycles. The van der Waals surface area contributed by atoms with Crippen LogP contribution in [0.2, 0.25) is 18.1 Å². The van der Waals surface area contributed by atoms with Gasteiger partial charge in [-0.1, -0.05) is 20.8 Å². The van der Waals surface area contributed by atoms with Crippen LogP contribution in [0.3, 0.4) is 0 Å². The molecule has 0 unspecified atom stereocenters. The van der Waals surface area contributed by atoms with E-state index in [2.05, 4.69) is 39.0 Å². The van der Waals surface area contributed by atoms with E-state index < -0.39 is 8.32 Å². The molecule has 0 amide bonds. The number of carbonyl (C=O) groups excluding carboxylic acids is 1. The molecule has 5 heteroatoms. The molecule has 0 fully saturated rings. The number of hydrogen-bond acceptors (Lipinski definition) is 3. The van der Waals surface area contributed by atoms with Gasteiger partial charge in [-0.3, -0.25) is 4.79 Å². The van der Waals surface area contributed by atoms with Gasteiger partial charge in [0.15, 0.2) is 8.32 Å². The van der Waals surface area contributed by atoms with E-state index in [-0.39, 0.29) is 10.9 Å². The molecule has 1 aromatic rings. The molecule has 0 bridgehead atoms. The van der Waals surface area contributed by atoms with Crippen molar-refractivity contribution in [1.82, 2.24) is 9.78 Å². The smallest absolute Gasteiger partial charge is 0.243 e. The van der Waals surface area contributed by atoms with Crippen molar-refractivity contribution >= 4 is 14.2 Å². The predicted octanol–water partition coefficient (Wildman–Crippen LogP) is 3.11. The lowest BCUT2D eigenvalue weighted by Crippen LogP contribution is -2.41. The van der Waals surface area contributed by atoms with Gasteiger partial charge < -0.3 is 4.43 Å². The van der Waals surface area contributed by atoms with Crippen LogP contribution in [-0.2, 0) is 10.8 Å². The van der Waals surface area contributed by atoms with Gasteiger partial charge in [-0.05, 0) is 24.2 Å². The Morgan fingerprint density at radius 3 is 2.50 bits per heavy atom. The fraction of sp³-hybridized carbons (Fsp3) is 0.692. The summed E-state index contributed by atoms with van der Waals surface area (Å²) in [6.45, 7) is 13.3. The third kappa shape index (κ3) is 3.78. The highest BCUT2D eigenvalue weighted by Gasteiger charge is 2.36. The van der Waals surface area contributed by atoms with Crippen LogP contribution in [-0.4, -0.2) is 30.6 Å². The number of carbonyl (C=O) groups is 1. The third-order valence-corrected chi connectivity index (χ3v) is 8.13. The molecule has 0 atom stereocenters. The van der Waals surface area contributed by atoms with Crippen molar-refractivity contribution in [3.05, 3.63) is 18.0 Å². The Hall–Kier alpha value is -0.943. The largest absolute Gasteiger partial charge is 0.416 e. The van der Waals surface area contributed by atoms with Crippen molar-refractivity contribution < 1.29 is 9.22 Å². The molecule has 0 spiro atoms. The van der Waals surface area contributed by atoms with E-state index in [9.17, 15) is 4.79 Å². The Morgan fingerprint density at radius 1 is 1.44 bits per heavy atom. The van der Waals surface area contributed by atoms with Crippen molar-refractivity contribution in [2.45, 2.75) is 52.2 Å². The maximum atomic E-state index is 11.1. The summed E-state index contributed by atoms with van der Waals surface area (Å²) in [6.07, 6.45) is 2.46. The van der Waals surface area contributed by atoms with Gasteiger partial charge >= 0.3 is 0 Å². The van der Waals surface area contributed by atoms with Crippen LogP contribution in [0.5, 0.6) is 0 Å². The van der Waals surface area contributed by atoms with E-state index >= 15 is 0 Å². The van der Waals surface area contributed by atoms with Gasteiger partial charge in [0.2, 0.25) is 5.91 Å². The maximum Gasteiger partial charge on any atom is 0.243 e. The monoisotopic (exact) mass is 268 g/mol. The lowest BCUT2D eigenvalue weighted by Gasteiger charge is -2.36. The fourth-order valence-electron chi connectivity index (χ4n) is 1.30. The lowest BCUT2D eigenvalue weighted by molar-refractivity contribution is 0.0920. The molecule has 102 valence electrons. The lowest BCUT2D eigenvalue weighted by atomic mass is 10.2. The standard InChI is InChI=1S/C13H24N2O2Si/c1-11(16)15-9-7-12(14-15)8-10-17-18(5,6)13(2,3)4/h7,9H,8,10H2,1-6H3. The maximum absolute atomic E-state index is 11.1. The first-order valence-electron chi connectivity index (χ1n) is 6.33. The van der Waals surface area contributed by atoms with Crippen LogP contribution >= 0.6 is 0 Å². The quantitative estimate of drug-likeness (QED) is 0.788. The zero-order chi connectivity index (χ0) is 14.0. The number of hydrogen-bond donors (Lipinski definition) is 0. The minimum atomic E-state index is -1.68. The molecule has 4 nitrogen and oxygen atoms in total. The van der Waals surface area contributed by atoms with E-state index in [0.717, 1.165) is 12.1 Å². The van der Waals surface area contributed by atoms with Crippen LogP contribution in [0.1, 0.15) is 38.2 Å². The molecule has 0 aliphatic rings. The summed E-state index contributed by atoms with van der Waals surface area (Å²) in [5.74, 6) is -0.0634. The molecular weight excluding hydrogens is 244 g/mol. The van der Waals surface area contributed by atoms with Crippen LogP contribution < -0.4 is 0 Å². The first-order chi connectivity index (χ1) is 8.13. The summed E-state index contributed by atoms with van der Waals surface area (Å²) in [5.41, 5.74) is 0.906. The Labute approximate surface area is 110 Å². The van der Waals surface area contributed by atoms with E-state index in [1.54, 1.807) is 6.20 Å².